The summed E-state index contributed by atoms with van der Waals surface area (Å²) >= 11 is 1.65. The van der Waals surface area contributed by atoms with Crippen molar-refractivity contribution >= 4 is 29.5 Å². The van der Waals surface area contributed by atoms with E-state index in [-0.39, 0.29) is 48.2 Å². The summed E-state index contributed by atoms with van der Waals surface area (Å²) < 4.78 is 4.77. The number of fused-ring (bicyclic) bond motifs is 1. The Hall–Kier alpha value is -1.80. The topological polar surface area (TPSA) is 87.2 Å². The van der Waals surface area contributed by atoms with Gasteiger partial charge in [-0.15, -0.1) is 18.3 Å². The summed E-state index contributed by atoms with van der Waals surface area (Å²) in [6.45, 7) is 12.0. The molecule has 4 rings (SSSR count). The molecule has 7 nitrogen and oxygen atoms in total. The minimum absolute atomic E-state index is 0.0334. The highest BCUT2D eigenvalue weighted by Gasteiger charge is 2.74. The molecule has 4 fully saturated rings. The second-order valence-corrected chi connectivity index (χ2v) is 12.9. The Morgan fingerprint density at radius 3 is 2.56 bits per heavy atom. The molecule has 2 unspecified atom stereocenters. The van der Waals surface area contributed by atoms with E-state index in [4.69, 9.17) is 4.74 Å². The molecule has 2 bridgehead atoms. The highest BCUT2D eigenvalue weighted by Crippen LogP contribution is 2.67. The molecule has 3 aliphatic heterocycles. The molecule has 36 heavy (non-hydrogen) atoms. The molecule has 0 aromatic carbocycles. The minimum atomic E-state index is -0.694. The van der Waals surface area contributed by atoms with Gasteiger partial charge in [0.2, 0.25) is 11.8 Å². The summed E-state index contributed by atoms with van der Waals surface area (Å²) in [4.78, 5) is 45.5. The molecule has 1 N–H and O–H groups in total. The van der Waals surface area contributed by atoms with Crippen molar-refractivity contribution in [2.45, 2.75) is 93.3 Å². The van der Waals surface area contributed by atoms with Crippen molar-refractivity contribution in [1.29, 1.82) is 0 Å². The van der Waals surface area contributed by atoms with E-state index >= 15 is 0 Å². The van der Waals surface area contributed by atoms with Crippen molar-refractivity contribution in [1.82, 2.24) is 9.80 Å². The van der Waals surface area contributed by atoms with Crippen LogP contribution in [0.1, 0.15) is 65.2 Å². The quantitative estimate of drug-likeness (QED) is 0.332. The summed E-state index contributed by atoms with van der Waals surface area (Å²) in [5.74, 6) is -1.54. The zero-order valence-corrected chi connectivity index (χ0v) is 22.6. The van der Waals surface area contributed by atoms with Gasteiger partial charge in [0.05, 0.1) is 29.2 Å². The molecule has 0 radical (unpaired) electrons. The van der Waals surface area contributed by atoms with E-state index in [0.29, 0.717) is 19.4 Å². The molecule has 8 heteroatoms. The van der Waals surface area contributed by atoms with Gasteiger partial charge in [-0.05, 0) is 38.0 Å². The van der Waals surface area contributed by atoms with Crippen molar-refractivity contribution < 1.29 is 24.2 Å². The van der Waals surface area contributed by atoms with Crippen LogP contribution in [0.2, 0.25) is 0 Å². The first-order valence-electron chi connectivity index (χ1n) is 13.6. The minimum Gasteiger partial charge on any atom is -0.461 e. The number of nitrogens with zero attached hydrogens (tertiary/aromatic N) is 2. The van der Waals surface area contributed by atoms with Crippen molar-refractivity contribution in [2.75, 3.05) is 19.8 Å². The molecular weight excluding hydrogens is 476 g/mol. The molecule has 1 aliphatic carbocycles. The number of aliphatic hydroxyl groups is 1. The summed E-state index contributed by atoms with van der Waals surface area (Å²) in [5.41, 5.74) is 0. The Morgan fingerprint density at radius 1 is 1.22 bits per heavy atom. The third-order valence-electron chi connectivity index (χ3n) is 8.56. The number of ether oxygens (including phenoxy) is 1. The lowest BCUT2D eigenvalue weighted by Crippen LogP contribution is -2.59. The summed E-state index contributed by atoms with van der Waals surface area (Å²) in [7, 11) is 0. The first-order valence-corrected chi connectivity index (χ1v) is 14.5. The maximum atomic E-state index is 14.5. The van der Waals surface area contributed by atoms with Gasteiger partial charge >= 0.3 is 5.97 Å². The van der Waals surface area contributed by atoms with Crippen molar-refractivity contribution in [2.24, 2.45) is 17.8 Å². The van der Waals surface area contributed by atoms with E-state index in [1.54, 1.807) is 22.7 Å². The van der Waals surface area contributed by atoms with Gasteiger partial charge in [-0.1, -0.05) is 51.8 Å². The second-order valence-electron chi connectivity index (χ2n) is 11.3. The van der Waals surface area contributed by atoms with Crippen LogP contribution in [-0.4, -0.2) is 80.6 Å². The number of hydrogen-bond donors (Lipinski definition) is 1. The largest absolute Gasteiger partial charge is 0.461 e. The maximum Gasteiger partial charge on any atom is 0.311 e. The van der Waals surface area contributed by atoms with E-state index in [2.05, 4.69) is 27.0 Å². The van der Waals surface area contributed by atoms with Crippen molar-refractivity contribution in [3.05, 3.63) is 25.3 Å². The average Bonchev–Trinajstić information content (AvgIpc) is 3.51. The Morgan fingerprint density at radius 2 is 1.94 bits per heavy atom. The lowest BCUT2D eigenvalue weighted by molar-refractivity contribution is -0.153. The average molecular weight is 519 g/mol. The van der Waals surface area contributed by atoms with Gasteiger partial charge in [-0.25, -0.2) is 0 Å². The predicted molar refractivity (Wildman–Crippen MR) is 141 cm³/mol. The Labute approximate surface area is 219 Å². The monoisotopic (exact) mass is 518 g/mol. The van der Waals surface area contributed by atoms with E-state index < -0.39 is 28.7 Å². The fourth-order valence-corrected chi connectivity index (χ4v) is 9.38. The smallest absolute Gasteiger partial charge is 0.311 e. The standard InChI is InChI=1S/C28H42N2O5S/c1-5-14-29(19-10-8-7-9-11-19)26(33)24-28-13-12-21(36-28)22(27(34)35-15-6-2)23(28)25(32)30(24)20(17-31)16-18(3)4/h5-6,18-24,31H,1-2,7-17H2,3-4H3/t20-,21+,22-,23+,24?,28?/m1/s1. The zero-order valence-electron chi connectivity index (χ0n) is 21.8. The van der Waals surface area contributed by atoms with Crippen LogP contribution >= 0.6 is 11.8 Å². The van der Waals surface area contributed by atoms with E-state index in [1.165, 1.54) is 12.5 Å². The second kappa shape index (κ2) is 11.3. The number of esters is 1. The van der Waals surface area contributed by atoms with Gasteiger partial charge in [0.25, 0.3) is 0 Å². The number of amides is 2. The van der Waals surface area contributed by atoms with E-state index in [1.807, 2.05) is 4.90 Å². The molecule has 3 heterocycles. The van der Waals surface area contributed by atoms with E-state index in [9.17, 15) is 19.5 Å². The van der Waals surface area contributed by atoms with E-state index in [0.717, 1.165) is 32.1 Å². The molecule has 0 aromatic heterocycles. The zero-order chi connectivity index (χ0) is 26.0. The van der Waals surface area contributed by atoms with Crippen molar-refractivity contribution in [3.8, 4) is 0 Å². The molecule has 200 valence electrons. The van der Waals surface area contributed by atoms with Gasteiger partial charge < -0.3 is 19.6 Å². The van der Waals surface area contributed by atoms with Gasteiger partial charge in [0.15, 0.2) is 0 Å². The van der Waals surface area contributed by atoms with Crippen LogP contribution in [0.25, 0.3) is 0 Å². The molecule has 1 spiro atoms. The Bertz CT molecular complexity index is 872. The molecule has 1 saturated carbocycles. The number of thioether (sulfide) groups is 1. The fourth-order valence-electron chi connectivity index (χ4n) is 7.20. The normalized spacial score (nSPS) is 32.4. The number of likely N-dealkylation sites (tertiary alicyclic amines) is 1. The van der Waals surface area contributed by atoms with Crippen LogP contribution in [0.4, 0.5) is 0 Å². The number of aliphatic hydroxyl groups excluding tert-OH is 1. The predicted octanol–water partition coefficient (Wildman–Crippen LogP) is 3.56. The van der Waals surface area contributed by atoms with Gasteiger partial charge in [0, 0.05) is 17.8 Å². The number of hydrogen-bond acceptors (Lipinski definition) is 6. The third kappa shape index (κ3) is 4.64. The summed E-state index contributed by atoms with van der Waals surface area (Å²) in [6.07, 6.45) is 10.7. The first kappa shape index (κ1) is 27.2. The van der Waals surface area contributed by atoms with Crippen LogP contribution in [-0.2, 0) is 19.1 Å². The lowest BCUT2D eigenvalue weighted by Gasteiger charge is -2.42. The maximum absolute atomic E-state index is 14.5. The van der Waals surface area contributed by atoms with Crippen molar-refractivity contribution in [3.63, 3.8) is 0 Å². The van der Waals surface area contributed by atoms with Crippen LogP contribution in [0.5, 0.6) is 0 Å². The van der Waals surface area contributed by atoms with Gasteiger partial charge in [-0.3, -0.25) is 14.4 Å². The third-order valence-corrected chi connectivity index (χ3v) is 10.5. The first-order chi connectivity index (χ1) is 17.3. The summed E-state index contributed by atoms with van der Waals surface area (Å²) in [5, 5.41) is 10.4. The van der Waals surface area contributed by atoms with Crippen LogP contribution in [0.15, 0.2) is 25.3 Å². The lowest BCUT2D eigenvalue weighted by atomic mass is 9.71. The number of carbonyl (C=O) groups is 3. The summed E-state index contributed by atoms with van der Waals surface area (Å²) in [6, 6.07) is -1.03. The molecule has 2 amide bonds. The Kier molecular flexibility index (Phi) is 8.55. The number of carbonyl (C=O) groups excluding carboxylic acids is 3. The molecule has 0 aromatic rings. The molecule has 6 atom stereocenters. The SMILES string of the molecule is C=CCOC(=O)[C@@H]1[C@@H]2CCC3(S2)C(C(=O)N(CC=C)C2CCCCC2)N([C@@H](CO)CC(C)C)C(=O)[C@H]13. The van der Waals surface area contributed by atoms with Gasteiger partial charge in [0.1, 0.15) is 12.6 Å². The van der Waals surface area contributed by atoms with Gasteiger partial charge in [-0.2, -0.15) is 0 Å². The molecule has 4 aliphatic rings. The van der Waals surface area contributed by atoms with Crippen LogP contribution < -0.4 is 0 Å². The highest BCUT2D eigenvalue weighted by atomic mass is 32.2. The fraction of sp³-hybridized carbons (Fsp3) is 0.750. The highest BCUT2D eigenvalue weighted by molar-refractivity contribution is 8.02. The van der Waals surface area contributed by atoms with Crippen LogP contribution in [0.3, 0.4) is 0 Å². The molecular formula is C28H42N2O5S. The Balaban J connectivity index is 1.75. The molecule has 3 saturated heterocycles. The van der Waals surface area contributed by atoms with Crippen LogP contribution in [0, 0.1) is 17.8 Å². The number of rotatable bonds is 11.